The van der Waals surface area contributed by atoms with Gasteiger partial charge in [-0.25, -0.2) is 0 Å². The van der Waals surface area contributed by atoms with Crippen LogP contribution in [0.3, 0.4) is 0 Å². The first-order chi connectivity index (χ1) is 11.8. The highest BCUT2D eigenvalue weighted by Crippen LogP contribution is 2.38. The quantitative estimate of drug-likeness (QED) is 0.732. The fraction of sp³-hybridized carbons (Fsp3) is 0.556. The van der Waals surface area contributed by atoms with E-state index in [9.17, 15) is 9.59 Å². The SMILES string of the molecule is COc1cc(C(=O)NC2(CC(=O)O)CCC2)cc(Cl)c1OCC(C)C. The van der Waals surface area contributed by atoms with Gasteiger partial charge in [0.1, 0.15) is 0 Å². The average Bonchev–Trinajstić information content (AvgIpc) is 2.49. The molecule has 1 aliphatic carbocycles. The molecule has 1 saturated carbocycles. The molecule has 1 fully saturated rings. The normalized spacial score (nSPS) is 15.4. The first-order valence-electron chi connectivity index (χ1n) is 8.31. The summed E-state index contributed by atoms with van der Waals surface area (Å²) in [6, 6.07) is 3.08. The van der Waals surface area contributed by atoms with Gasteiger partial charge in [0.25, 0.3) is 5.91 Å². The first kappa shape index (κ1) is 19.4. The average molecular weight is 370 g/mol. The van der Waals surface area contributed by atoms with Crippen LogP contribution in [0.25, 0.3) is 0 Å². The molecule has 0 atom stereocenters. The van der Waals surface area contributed by atoms with E-state index in [1.165, 1.54) is 13.2 Å². The van der Waals surface area contributed by atoms with Gasteiger partial charge in [0, 0.05) is 5.56 Å². The number of benzene rings is 1. The van der Waals surface area contributed by atoms with Crippen molar-refractivity contribution in [1.29, 1.82) is 0 Å². The number of nitrogens with one attached hydrogen (secondary N) is 1. The second-order valence-electron chi connectivity index (χ2n) is 6.85. The van der Waals surface area contributed by atoms with Gasteiger partial charge in [-0.15, -0.1) is 0 Å². The van der Waals surface area contributed by atoms with Crippen LogP contribution in [0.4, 0.5) is 0 Å². The summed E-state index contributed by atoms with van der Waals surface area (Å²) < 4.78 is 11.0. The summed E-state index contributed by atoms with van der Waals surface area (Å²) in [7, 11) is 1.48. The molecule has 0 aliphatic heterocycles. The monoisotopic (exact) mass is 369 g/mol. The lowest BCUT2D eigenvalue weighted by atomic mass is 9.74. The molecule has 2 rings (SSSR count). The first-order valence-corrected chi connectivity index (χ1v) is 8.69. The summed E-state index contributed by atoms with van der Waals surface area (Å²) in [5.74, 6) is -0.194. The van der Waals surface area contributed by atoms with E-state index in [4.69, 9.17) is 26.2 Å². The molecule has 1 amide bonds. The minimum atomic E-state index is -0.923. The van der Waals surface area contributed by atoms with Gasteiger partial charge in [0.15, 0.2) is 11.5 Å². The maximum Gasteiger partial charge on any atom is 0.305 e. The van der Waals surface area contributed by atoms with Crippen LogP contribution >= 0.6 is 11.6 Å². The number of carboxylic acids is 1. The molecule has 1 aliphatic rings. The summed E-state index contributed by atoms with van der Waals surface area (Å²) in [5.41, 5.74) is -0.356. The van der Waals surface area contributed by atoms with Crippen LogP contribution in [0.2, 0.25) is 5.02 Å². The van der Waals surface area contributed by atoms with E-state index in [0.717, 1.165) is 6.42 Å². The highest BCUT2D eigenvalue weighted by atomic mass is 35.5. The Morgan fingerprint density at radius 2 is 2.04 bits per heavy atom. The predicted molar refractivity (Wildman–Crippen MR) is 94.6 cm³/mol. The highest BCUT2D eigenvalue weighted by Gasteiger charge is 2.40. The molecule has 0 radical (unpaired) electrons. The Bertz CT molecular complexity index is 655. The highest BCUT2D eigenvalue weighted by molar-refractivity contribution is 6.32. The standard InChI is InChI=1S/C18H24ClNO5/c1-11(2)10-25-16-13(19)7-12(8-14(16)24-3)17(23)20-18(5-4-6-18)9-15(21)22/h7-8,11H,4-6,9-10H2,1-3H3,(H,20,23)(H,21,22). The topological polar surface area (TPSA) is 84.9 Å². The lowest BCUT2D eigenvalue weighted by Crippen LogP contribution is -2.54. The molecule has 2 N–H and O–H groups in total. The fourth-order valence-corrected chi connectivity index (χ4v) is 3.06. The number of halogens is 1. The van der Waals surface area contributed by atoms with Crippen LogP contribution < -0.4 is 14.8 Å². The number of carbonyl (C=O) groups excluding carboxylic acids is 1. The zero-order valence-corrected chi connectivity index (χ0v) is 15.5. The van der Waals surface area contributed by atoms with E-state index in [0.29, 0.717) is 42.4 Å². The molecule has 0 heterocycles. The molecular weight excluding hydrogens is 346 g/mol. The predicted octanol–water partition coefficient (Wildman–Crippen LogP) is 3.51. The van der Waals surface area contributed by atoms with E-state index in [1.54, 1.807) is 6.07 Å². The van der Waals surface area contributed by atoms with Crippen molar-refractivity contribution in [1.82, 2.24) is 5.32 Å². The van der Waals surface area contributed by atoms with Gasteiger partial charge in [0.2, 0.25) is 0 Å². The number of aliphatic carboxylic acids is 1. The van der Waals surface area contributed by atoms with Gasteiger partial charge < -0.3 is 19.9 Å². The summed E-state index contributed by atoms with van der Waals surface area (Å²) >= 11 is 6.27. The zero-order valence-electron chi connectivity index (χ0n) is 14.7. The van der Waals surface area contributed by atoms with Crippen molar-refractivity contribution in [3.63, 3.8) is 0 Å². The van der Waals surface area contributed by atoms with Crippen LogP contribution in [-0.2, 0) is 4.79 Å². The number of carboxylic acid groups (broad SMARTS) is 1. The third-order valence-corrected chi connectivity index (χ3v) is 4.51. The summed E-state index contributed by atoms with van der Waals surface area (Å²) in [4.78, 5) is 23.6. The van der Waals surface area contributed by atoms with Crippen LogP contribution in [0.5, 0.6) is 11.5 Å². The van der Waals surface area contributed by atoms with Crippen LogP contribution in [0, 0.1) is 5.92 Å². The van der Waals surface area contributed by atoms with Gasteiger partial charge in [-0.05, 0) is 37.3 Å². The van der Waals surface area contributed by atoms with E-state index >= 15 is 0 Å². The van der Waals surface area contributed by atoms with Crippen molar-refractivity contribution < 1.29 is 24.2 Å². The van der Waals surface area contributed by atoms with Gasteiger partial charge in [-0.2, -0.15) is 0 Å². The molecule has 6 nitrogen and oxygen atoms in total. The van der Waals surface area contributed by atoms with Gasteiger partial charge in [0.05, 0.1) is 30.7 Å². The molecule has 7 heteroatoms. The molecule has 138 valence electrons. The Morgan fingerprint density at radius 3 is 2.52 bits per heavy atom. The number of methoxy groups -OCH3 is 1. The molecule has 0 unspecified atom stereocenters. The number of amides is 1. The Morgan fingerprint density at radius 1 is 1.36 bits per heavy atom. The zero-order chi connectivity index (χ0) is 18.6. The van der Waals surface area contributed by atoms with Crippen LogP contribution in [0.1, 0.15) is 49.9 Å². The minimum Gasteiger partial charge on any atom is -0.493 e. The lowest BCUT2D eigenvalue weighted by molar-refractivity contribution is -0.139. The smallest absolute Gasteiger partial charge is 0.305 e. The minimum absolute atomic E-state index is 0.0841. The molecule has 25 heavy (non-hydrogen) atoms. The molecule has 0 spiro atoms. The van der Waals surface area contributed by atoms with Gasteiger partial charge in [-0.3, -0.25) is 9.59 Å². The van der Waals surface area contributed by atoms with Crippen molar-refractivity contribution >= 4 is 23.5 Å². The molecule has 0 saturated heterocycles. The van der Waals surface area contributed by atoms with Crippen molar-refractivity contribution in [2.24, 2.45) is 5.92 Å². The van der Waals surface area contributed by atoms with Crippen molar-refractivity contribution in [3.8, 4) is 11.5 Å². The fourth-order valence-electron chi connectivity index (χ4n) is 2.79. The van der Waals surface area contributed by atoms with Crippen molar-refractivity contribution in [3.05, 3.63) is 22.7 Å². The second-order valence-corrected chi connectivity index (χ2v) is 7.26. The van der Waals surface area contributed by atoms with E-state index < -0.39 is 11.5 Å². The third-order valence-electron chi connectivity index (χ3n) is 4.23. The van der Waals surface area contributed by atoms with E-state index in [-0.39, 0.29) is 17.4 Å². The summed E-state index contributed by atoms with van der Waals surface area (Å²) in [5, 5.41) is 12.2. The lowest BCUT2D eigenvalue weighted by Gasteiger charge is -2.41. The Kier molecular flexibility index (Phi) is 6.16. The van der Waals surface area contributed by atoms with Crippen molar-refractivity contribution in [2.45, 2.75) is 45.1 Å². The van der Waals surface area contributed by atoms with Gasteiger partial charge in [-0.1, -0.05) is 25.4 Å². The number of hydrogen-bond donors (Lipinski definition) is 2. The molecule has 1 aromatic carbocycles. The van der Waals surface area contributed by atoms with Crippen LogP contribution in [0.15, 0.2) is 12.1 Å². The van der Waals surface area contributed by atoms with E-state index in [1.807, 2.05) is 13.8 Å². The molecule has 0 aromatic heterocycles. The van der Waals surface area contributed by atoms with Gasteiger partial charge >= 0.3 is 5.97 Å². The Balaban J connectivity index is 2.19. The Labute approximate surface area is 152 Å². The summed E-state index contributed by atoms with van der Waals surface area (Å²) in [6.07, 6.45) is 2.13. The number of rotatable bonds is 8. The Hall–Kier alpha value is -1.95. The largest absolute Gasteiger partial charge is 0.493 e. The van der Waals surface area contributed by atoms with E-state index in [2.05, 4.69) is 5.32 Å². The van der Waals surface area contributed by atoms with Crippen molar-refractivity contribution in [2.75, 3.05) is 13.7 Å². The number of ether oxygens (including phenoxy) is 2. The number of carbonyl (C=O) groups is 2. The third kappa shape index (κ3) is 4.78. The molecule has 0 bridgehead atoms. The number of hydrogen-bond acceptors (Lipinski definition) is 4. The van der Waals surface area contributed by atoms with Crippen LogP contribution in [-0.4, -0.2) is 36.2 Å². The molecular formula is C18H24ClNO5. The maximum absolute atomic E-state index is 12.6. The second kappa shape index (κ2) is 7.95. The summed E-state index contributed by atoms with van der Waals surface area (Å²) in [6.45, 7) is 4.51. The maximum atomic E-state index is 12.6. The molecule has 1 aromatic rings.